The average Bonchev–Trinajstić information content (AvgIpc) is 2.71. The lowest BCUT2D eigenvalue weighted by Crippen LogP contribution is -2.41. The maximum atomic E-state index is 6.27. The van der Waals surface area contributed by atoms with E-state index in [9.17, 15) is 0 Å². The predicted octanol–water partition coefficient (Wildman–Crippen LogP) is 4.59. The number of unbranched alkanes of at least 4 members (excludes halogenated alkanes) is 1. The molecule has 1 nitrogen and oxygen atoms in total. The van der Waals surface area contributed by atoms with Crippen molar-refractivity contribution in [3.8, 4) is 12.3 Å². The Morgan fingerprint density at radius 3 is 2.29 bits per heavy atom. The quantitative estimate of drug-likeness (QED) is 0.496. The summed E-state index contributed by atoms with van der Waals surface area (Å²) in [6, 6.07) is 0. The fraction of sp³-hybridized carbons (Fsp3) is 0.867. The molecular weight excluding hydrogens is 224 g/mol. The zero-order chi connectivity index (χ0) is 12.9. The van der Waals surface area contributed by atoms with Crippen LogP contribution in [-0.2, 0) is 4.43 Å². The SMILES string of the molecule is C#CC(O[Si](C)(C)C)C1(CCCC)CCCC1. The summed E-state index contributed by atoms with van der Waals surface area (Å²) in [6.45, 7) is 8.96. The van der Waals surface area contributed by atoms with Gasteiger partial charge in [-0.2, -0.15) is 0 Å². The van der Waals surface area contributed by atoms with Gasteiger partial charge in [0.05, 0.1) is 0 Å². The smallest absolute Gasteiger partial charge is 0.185 e. The number of hydrogen-bond acceptors (Lipinski definition) is 1. The van der Waals surface area contributed by atoms with Crippen molar-refractivity contribution in [3.63, 3.8) is 0 Å². The first kappa shape index (κ1) is 14.8. The van der Waals surface area contributed by atoms with Gasteiger partial charge in [0.15, 0.2) is 8.32 Å². The molecule has 1 aliphatic rings. The molecule has 17 heavy (non-hydrogen) atoms. The second-order valence-corrected chi connectivity index (χ2v) is 10.9. The Morgan fingerprint density at radius 2 is 1.88 bits per heavy atom. The maximum Gasteiger partial charge on any atom is 0.185 e. The van der Waals surface area contributed by atoms with Crippen LogP contribution in [0.4, 0.5) is 0 Å². The lowest BCUT2D eigenvalue weighted by molar-refractivity contribution is 0.0776. The highest BCUT2D eigenvalue weighted by Gasteiger charge is 2.42. The Bertz CT molecular complexity index is 266. The molecule has 1 aliphatic carbocycles. The van der Waals surface area contributed by atoms with E-state index in [0.29, 0.717) is 5.41 Å². The maximum absolute atomic E-state index is 6.27. The second-order valence-electron chi connectivity index (χ2n) is 6.45. The van der Waals surface area contributed by atoms with Gasteiger partial charge in [-0.3, -0.25) is 0 Å². The number of rotatable bonds is 6. The summed E-state index contributed by atoms with van der Waals surface area (Å²) in [5, 5.41) is 0. The standard InChI is InChI=1S/C15H28OSi/c1-6-8-11-15(12-9-10-13-15)14(7-2)16-17(3,4)5/h2,14H,6,8-13H2,1,3-5H3. The Balaban J connectivity index is 2.77. The van der Waals surface area contributed by atoms with Gasteiger partial charge in [0.25, 0.3) is 0 Å². The largest absolute Gasteiger partial charge is 0.404 e. The Morgan fingerprint density at radius 1 is 1.29 bits per heavy atom. The van der Waals surface area contributed by atoms with E-state index in [-0.39, 0.29) is 6.10 Å². The number of terminal acetylenes is 1. The Hall–Kier alpha value is -0.263. The Labute approximate surface area is 108 Å². The minimum Gasteiger partial charge on any atom is -0.404 e. The van der Waals surface area contributed by atoms with Gasteiger partial charge in [-0.05, 0) is 38.9 Å². The van der Waals surface area contributed by atoms with E-state index >= 15 is 0 Å². The van der Waals surface area contributed by atoms with Crippen molar-refractivity contribution in [3.05, 3.63) is 0 Å². The molecule has 0 aromatic rings. The van der Waals surface area contributed by atoms with Crippen LogP contribution >= 0.6 is 0 Å². The van der Waals surface area contributed by atoms with Crippen LogP contribution in [0.15, 0.2) is 0 Å². The van der Waals surface area contributed by atoms with Gasteiger partial charge in [-0.1, -0.05) is 38.5 Å². The van der Waals surface area contributed by atoms with Gasteiger partial charge < -0.3 is 4.43 Å². The third-order valence-electron chi connectivity index (χ3n) is 3.81. The van der Waals surface area contributed by atoms with E-state index in [4.69, 9.17) is 10.8 Å². The minimum atomic E-state index is -1.54. The summed E-state index contributed by atoms with van der Waals surface area (Å²) in [5.41, 5.74) is 0.297. The zero-order valence-electron chi connectivity index (χ0n) is 12.0. The molecule has 98 valence electrons. The molecule has 1 unspecified atom stereocenters. The highest BCUT2D eigenvalue weighted by atomic mass is 28.4. The Kier molecular flexibility index (Phi) is 5.28. The van der Waals surface area contributed by atoms with Gasteiger partial charge in [-0.15, -0.1) is 6.42 Å². The van der Waals surface area contributed by atoms with Crippen LogP contribution in [0.1, 0.15) is 51.9 Å². The minimum absolute atomic E-state index is 0.0585. The molecule has 1 atom stereocenters. The molecule has 1 fully saturated rings. The van der Waals surface area contributed by atoms with E-state index in [1.165, 1.54) is 44.9 Å². The molecule has 1 rings (SSSR count). The van der Waals surface area contributed by atoms with E-state index in [1.807, 2.05) is 0 Å². The first-order valence-corrected chi connectivity index (χ1v) is 10.5. The van der Waals surface area contributed by atoms with E-state index in [0.717, 1.165) is 0 Å². The van der Waals surface area contributed by atoms with E-state index < -0.39 is 8.32 Å². The van der Waals surface area contributed by atoms with Gasteiger partial charge >= 0.3 is 0 Å². The fourth-order valence-corrected chi connectivity index (χ4v) is 3.97. The van der Waals surface area contributed by atoms with Crippen LogP contribution in [0.5, 0.6) is 0 Å². The monoisotopic (exact) mass is 252 g/mol. The molecule has 0 aliphatic heterocycles. The molecule has 2 heteroatoms. The van der Waals surface area contributed by atoms with Crippen LogP contribution < -0.4 is 0 Å². The van der Waals surface area contributed by atoms with Crippen LogP contribution in [-0.4, -0.2) is 14.4 Å². The first-order valence-electron chi connectivity index (χ1n) is 7.07. The summed E-state index contributed by atoms with van der Waals surface area (Å²) < 4.78 is 6.27. The van der Waals surface area contributed by atoms with Crippen molar-refractivity contribution in [1.82, 2.24) is 0 Å². The summed E-state index contributed by atoms with van der Waals surface area (Å²) in [4.78, 5) is 0. The number of hydrogen-bond donors (Lipinski definition) is 0. The summed E-state index contributed by atoms with van der Waals surface area (Å²) in [6.07, 6.45) is 14.8. The molecule has 0 N–H and O–H groups in total. The molecule has 0 aromatic carbocycles. The van der Waals surface area contributed by atoms with Crippen LogP contribution in [0.2, 0.25) is 19.6 Å². The summed E-state index contributed by atoms with van der Waals surface area (Å²) in [5.74, 6) is 2.96. The molecule has 0 amide bonds. The topological polar surface area (TPSA) is 9.23 Å². The first-order chi connectivity index (χ1) is 7.93. The van der Waals surface area contributed by atoms with Crippen molar-refractivity contribution in [2.24, 2.45) is 5.41 Å². The van der Waals surface area contributed by atoms with Crippen LogP contribution in [0, 0.1) is 17.8 Å². The van der Waals surface area contributed by atoms with Gasteiger partial charge in [0.2, 0.25) is 0 Å². The zero-order valence-corrected chi connectivity index (χ0v) is 13.0. The second kappa shape index (κ2) is 6.07. The predicted molar refractivity (Wildman–Crippen MR) is 77.5 cm³/mol. The molecule has 1 saturated carbocycles. The highest BCUT2D eigenvalue weighted by molar-refractivity contribution is 6.69. The van der Waals surface area contributed by atoms with Gasteiger partial charge in [0, 0.05) is 5.41 Å². The van der Waals surface area contributed by atoms with Gasteiger partial charge in [-0.25, -0.2) is 0 Å². The molecule has 0 heterocycles. The lowest BCUT2D eigenvalue weighted by Gasteiger charge is -2.38. The molecule has 0 saturated heterocycles. The summed E-state index contributed by atoms with van der Waals surface area (Å²) >= 11 is 0. The molecule has 0 aromatic heterocycles. The van der Waals surface area contributed by atoms with E-state index in [2.05, 4.69) is 32.5 Å². The molecule has 0 bridgehead atoms. The van der Waals surface area contributed by atoms with Crippen LogP contribution in [0.3, 0.4) is 0 Å². The van der Waals surface area contributed by atoms with Crippen LogP contribution in [0.25, 0.3) is 0 Å². The molecule has 0 radical (unpaired) electrons. The third-order valence-corrected chi connectivity index (χ3v) is 4.75. The molecule has 0 spiro atoms. The van der Waals surface area contributed by atoms with Gasteiger partial charge in [0.1, 0.15) is 6.10 Å². The van der Waals surface area contributed by atoms with Crippen molar-refractivity contribution in [2.75, 3.05) is 0 Å². The summed E-state index contributed by atoms with van der Waals surface area (Å²) in [7, 11) is -1.54. The van der Waals surface area contributed by atoms with Crippen molar-refractivity contribution >= 4 is 8.32 Å². The van der Waals surface area contributed by atoms with E-state index in [1.54, 1.807) is 0 Å². The fourth-order valence-electron chi connectivity index (χ4n) is 2.94. The van der Waals surface area contributed by atoms with Crippen molar-refractivity contribution < 1.29 is 4.43 Å². The third kappa shape index (κ3) is 4.15. The highest BCUT2D eigenvalue weighted by Crippen LogP contribution is 2.46. The van der Waals surface area contributed by atoms with Crippen molar-refractivity contribution in [1.29, 1.82) is 0 Å². The molecular formula is C15H28OSi. The average molecular weight is 252 g/mol. The normalized spacial score (nSPS) is 21.1. The van der Waals surface area contributed by atoms with Crippen molar-refractivity contribution in [2.45, 2.75) is 77.6 Å². The lowest BCUT2D eigenvalue weighted by atomic mass is 9.76.